The monoisotopic (exact) mass is 316 g/mol. The number of nitrogens with zero attached hydrogens (tertiary/aromatic N) is 1. The van der Waals surface area contributed by atoms with Crippen molar-refractivity contribution in [2.24, 2.45) is 11.1 Å². The standard InChI is InChI=1S/C15H22Cl2N2O/c1-15(2)9-19(5-4-13(15)18)8-10-6-11(16)7-12(17)14(10)20-3/h6-7,13H,4-5,8-9,18H2,1-3H3. The molecule has 3 nitrogen and oxygen atoms in total. The van der Waals surface area contributed by atoms with Gasteiger partial charge in [-0.25, -0.2) is 0 Å². The van der Waals surface area contributed by atoms with Crippen LogP contribution in [0.4, 0.5) is 0 Å². The van der Waals surface area contributed by atoms with Crippen LogP contribution in [0, 0.1) is 5.41 Å². The number of nitrogens with two attached hydrogens (primary N) is 1. The first-order valence-electron chi connectivity index (χ1n) is 6.83. The van der Waals surface area contributed by atoms with Crippen LogP contribution in [-0.2, 0) is 6.54 Å². The SMILES string of the molecule is COc1c(Cl)cc(Cl)cc1CN1CCC(N)C(C)(C)C1. The molecule has 112 valence electrons. The Labute approximate surface area is 131 Å². The first-order valence-corrected chi connectivity index (χ1v) is 7.59. The molecular formula is C15H22Cl2N2O. The molecule has 0 bridgehead atoms. The first kappa shape index (κ1) is 15.9. The molecule has 5 heteroatoms. The van der Waals surface area contributed by atoms with Gasteiger partial charge in [0.1, 0.15) is 5.75 Å². The Morgan fingerprint density at radius 3 is 2.70 bits per heavy atom. The molecule has 0 aromatic heterocycles. The molecule has 20 heavy (non-hydrogen) atoms. The summed E-state index contributed by atoms with van der Waals surface area (Å²) in [5.41, 5.74) is 7.32. The van der Waals surface area contributed by atoms with Crippen LogP contribution in [0.2, 0.25) is 10.0 Å². The van der Waals surface area contributed by atoms with Crippen LogP contribution in [0.3, 0.4) is 0 Å². The summed E-state index contributed by atoms with van der Waals surface area (Å²) < 4.78 is 5.40. The Balaban J connectivity index is 2.18. The zero-order valence-corrected chi connectivity index (χ0v) is 13.8. The zero-order chi connectivity index (χ0) is 14.9. The molecular weight excluding hydrogens is 295 g/mol. The van der Waals surface area contributed by atoms with E-state index < -0.39 is 0 Å². The van der Waals surface area contributed by atoms with E-state index in [9.17, 15) is 0 Å². The number of benzene rings is 1. The van der Waals surface area contributed by atoms with Crippen molar-refractivity contribution in [3.8, 4) is 5.75 Å². The van der Waals surface area contributed by atoms with E-state index in [4.69, 9.17) is 33.7 Å². The molecule has 0 radical (unpaired) electrons. The minimum Gasteiger partial charge on any atom is -0.495 e. The van der Waals surface area contributed by atoms with Gasteiger partial charge in [-0.05, 0) is 24.0 Å². The summed E-state index contributed by atoms with van der Waals surface area (Å²) in [6, 6.07) is 3.89. The molecule has 1 aliphatic rings. The average Bonchev–Trinajstić information content (AvgIpc) is 2.33. The molecule has 2 rings (SSSR count). The highest BCUT2D eigenvalue weighted by Crippen LogP contribution is 2.35. The molecule has 1 heterocycles. The fraction of sp³-hybridized carbons (Fsp3) is 0.600. The first-order chi connectivity index (χ1) is 9.33. The van der Waals surface area contributed by atoms with Gasteiger partial charge >= 0.3 is 0 Å². The van der Waals surface area contributed by atoms with Crippen molar-refractivity contribution in [3.05, 3.63) is 27.7 Å². The summed E-state index contributed by atoms with van der Waals surface area (Å²) in [6.07, 6.45) is 1.00. The number of hydrogen-bond donors (Lipinski definition) is 1. The molecule has 1 fully saturated rings. The van der Waals surface area contributed by atoms with Gasteiger partial charge in [0.2, 0.25) is 0 Å². The van der Waals surface area contributed by atoms with Crippen LogP contribution < -0.4 is 10.5 Å². The van der Waals surface area contributed by atoms with Crippen molar-refractivity contribution in [1.82, 2.24) is 4.90 Å². The summed E-state index contributed by atoms with van der Waals surface area (Å²) in [4.78, 5) is 2.38. The van der Waals surface area contributed by atoms with Crippen molar-refractivity contribution < 1.29 is 4.74 Å². The molecule has 2 N–H and O–H groups in total. The van der Waals surface area contributed by atoms with Gasteiger partial charge < -0.3 is 10.5 Å². The number of rotatable bonds is 3. The van der Waals surface area contributed by atoms with Crippen molar-refractivity contribution >= 4 is 23.2 Å². The van der Waals surface area contributed by atoms with Crippen LogP contribution in [-0.4, -0.2) is 31.1 Å². The van der Waals surface area contributed by atoms with Gasteiger partial charge in [-0.2, -0.15) is 0 Å². The van der Waals surface area contributed by atoms with Crippen LogP contribution in [0.5, 0.6) is 5.75 Å². The molecule has 1 aromatic carbocycles. The van der Waals surface area contributed by atoms with E-state index in [1.165, 1.54) is 0 Å². The van der Waals surface area contributed by atoms with Gasteiger partial charge in [0.05, 0.1) is 12.1 Å². The van der Waals surface area contributed by atoms with Crippen molar-refractivity contribution in [2.75, 3.05) is 20.2 Å². The molecule has 1 aromatic rings. The van der Waals surface area contributed by atoms with Crippen molar-refractivity contribution in [2.45, 2.75) is 32.9 Å². The van der Waals surface area contributed by atoms with E-state index in [1.807, 2.05) is 6.07 Å². The number of halogens is 2. The van der Waals surface area contributed by atoms with Gasteiger partial charge in [-0.3, -0.25) is 4.90 Å². The van der Waals surface area contributed by atoms with Crippen LogP contribution in [0.25, 0.3) is 0 Å². The maximum atomic E-state index is 6.18. The van der Waals surface area contributed by atoms with E-state index in [1.54, 1.807) is 13.2 Å². The third-order valence-corrected chi connectivity index (χ3v) is 4.57. The highest BCUT2D eigenvalue weighted by atomic mass is 35.5. The van der Waals surface area contributed by atoms with Crippen molar-refractivity contribution in [1.29, 1.82) is 0 Å². The lowest BCUT2D eigenvalue weighted by atomic mass is 9.79. The summed E-state index contributed by atoms with van der Waals surface area (Å²) in [6.45, 7) is 7.15. The predicted molar refractivity (Wildman–Crippen MR) is 84.7 cm³/mol. The lowest BCUT2D eigenvalue weighted by Gasteiger charge is -2.42. The number of hydrogen-bond acceptors (Lipinski definition) is 3. The molecule has 1 aliphatic heterocycles. The smallest absolute Gasteiger partial charge is 0.142 e. The van der Waals surface area contributed by atoms with Gasteiger partial charge in [-0.15, -0.1) is 0 Å². The highest BCUT2D eigenvalue weighted by Gasteiger charge is 2.33. The predicted octanol–water partition coefficient (Wildman–Crippen LogP) is 3.56. The Hall–Kier alpha value is -0.480. The molecule has 0 aliphatic carbocycles. The van der Waals surface area contributed by atoms with Gasteiger partial charge in [0.15, 0.2) is 0 Å². The summed E-state index contributed by atoms with van der Waals surface area (Å²) >= 11 is 12.3. The number of piperidine rings is 1. The Morgan fingerprint density at radius 2 is 2.10 bits per heavy atom. The second kappa shape index (κ2) is 6.10. The molecule has 0 saturated carbocycles. The van der Waals surface area contributed by atoms with Gasteiger partial charge in [0.25, 0.3) is 0 Å². The minimum absolute atomic E-state index is 0.119. The third kappa shape index (κ3) is 3.40. The Morgan fingerprint density at radius 1 is 1.40 bits per heavy atom. The quantitative estimate of drug-likeness (QED) is 0.926. The maximum Gasteiger partial charge on any atom is 0.142 e. The molecule has 1 unspecified atom stereocenters. The van der Waals surface area contributed by atoms with Crippen LogP contribution in [0.15, 0.2) is 12.1 Å². The lowest BCUT2D eigenvalue weighted by Crippen LogP contribution is -2.52. The highest BCUT2D eigenvalue weighted by molar-refractivity contribution is 6.35. The number of likely N-dealkylation sites (tertiary alicyclic amines) is 1. The summed E-state index contributed by atoms with van der Waals surface area (Å²) in [7, 11) is 1.63. The molecule has 0 spiro atoms. The zero-order valence-electron chi connectivity index (χ0n) is 12.2. The van der Waals surface area contributed by atoms with Crippen LogP contribution in [0.1, 0.15) is 25.8 Å². The fourth-order valence-corrected chi connectivity index (χ4v) is 3.43. The fourth-order valence-electron chi connectivity index (χ4n) is 2.82. The van der Waals surface area contributed by atoms with E-state index >= 15 is 0 Å². The van der Waals surface area contributed by atoms with E-state index in [0.717, 1.165) is 31.6 Å². The van der Waals surface area contributed by atoms with E-state index in [2.05, 4.69) is 18.7 Å². The number of methoxy groups -OCH3 is 1. The third-order valence-electron chi connectivity index (χ3n) is 4.07. The van der Waals surface area contributed by atoms with E-state index in [-0.39, 0.29) is 11.5 Å². The molecule has 0 amide bonds. The largest absolute Gasteiger partial charge is 0.495 e. The average molecular weight is 317 g/mol. The molecule has 1 saturated heterocycles. The number of ether oxygens (including phenoxy) is 1. The lowest BCUT2D eigenvalue weighted by molar-refractivity contribution is 0.0892. The van der Waals surface area contributed by atoms with Crippen molar-refractivity contribution in [3.63, 3.8) is 0 Å². The summed E-state index contributed by atoms with van der Waals surface area (Å²) in [5, 5.41) is 1.20. The molecule has 1 atom stereocenters. The van der Waals surface area contributed by atoms with Gasteiger partial charge in [-0.1, -0.05) is 37.0 Å². The van der Waals surface area contributed by atoms with E-state index in [0.29, 0.717) is 15.8 Å². The second-order valence-electron chi connectivity index (χ2n) is 6.17. The maximum absolute atomic E-state index is 6.18. The Kier molecular flexibility index (Phi) is 4.85. The normalized spacial score (nSPS) is 22.8. The topological polar surface area (TPSA) is 38.5 Å². The summed E-state index contributed by atoms with van der Waals surface area (Å²) in [5.74, 6) is 0.712. The second-order valence-corrected chi connectivity index (χ2v) is 7.02. The van der Waals surface area contributed by atoms with Crippen LogP contribution >= 0.6 is 23.2 Å². The van der Waals surface area contributed by atoms with Gasteiger partial charge in [0, 0.05) is 36.3 Å². The Bertz CT molecular complexity index is 491. The minimum atomic E-state index is 0.119.